The lowest BCUT2D eigenvalue weighted by Gasteiger charge is -2.38. The van der Waals surface area contributed by atoms with Crippen LogP contribution < -0.4 is 10.0 Å². The highest BCUT2D eigenvalue weighted by molar-refractivity contribution is 5.85. The molecule has 1 aliphatic carbocycles. The minimum absolute atomic E-state index is 0.00574. The van der Waals surface area contributed by atoms with Crippen LogP contribution in [0.1, 0.15) is 33.6 Å². The molecule has 5 nitrogen and oxygen atoms in total. The van der Waals surface area contributed by atoms with Gasteiger partial charge in [-0.25, -0.2) is 0 Å². The van der Waals surface area contributed by atoms with Crippen molar-refractivity contribution in [3.05, 3.63) is 11.1 Å². The lowest BCUT2D eigenvalue weighted by molar-refractivity contribution is -0.902. The van der Waals surface area contributed by atoms with Gasteiger partial charge in [-0.2, -0.15) is 0 Å². The molecule has 21 heavy (non-hydrogen) atoms. The molecule has 1 fully saturated rings. The molecule has 0 saturated carbocycles. The van der Waals surface area contributed by atoms with E-state index in [0.717, 1.165) is 43.9 Å². The van der Waals surface area contributed by atoms with Crippen LogP contribution in [0.25, 0.3) is 0 Å². The second kappa shape index (κ2) is 6.60. The highest BCUT2D eigenvalue weighted by Crippen LogP contribution is 2.35. The molecule has 118 valence electrons. The van der Waals surface area contributed by atoms with Crippen molar-refractivity contribution in [1.82, 2.24) is 4.90 Å². The van der Waals surface area contributed by atoms with Gasteiger partial charge in [0.1, 0.15) is 0 Å². The number of carbonyl (C=O) groups excluding carboxylic acids is 2. The van der Waals surface area contributed by atoms with Gasteiger partial charge in [0, 0.05) is 11.9 Å². The average molecular weight is 294 g/mol. The molecule has 2 rings (SSSR count). The maximum Gasteiger partial charge on any atom is 0.227 e. The van der Waals surface area contributed by atoms with Gasteiger partial charge in [-0.05, 0) is 33.6 Å². The number of amides is 1. The fourth-order valence-electron chi connectivity index (χ4n) is 3.43. The molecule has 0 unspecified atom stereocenters. The normalized spacial score (nSPS) is 27.9. The third-order valence-electron chi connectivity index (χ3n) is 5.17. The lowest BCUT2D eigenvalue weighted by Crippen LogP contribution is -3.14. The summed E-state index contributed by atoms with van der Waals surface area (Å²) in [6, 6.07) is 0. The molecule has 5 heteroatoms. The Kier molecular flexibility index (Phi) is 5.04. The fraction of sp³-hybridized carbons (Fsp3) is 0.750. The third-order valence-corrected chi connectivity index (χ3v) is 5.17. The Morgan fingerprint density at radius 3 is 2.14 bits per heavy atom. The van der Waals surface area contributed by atoms with Gasteiger partial charge in [0.05, 0.1) is 38.6 Å². The van der Waals surface area contributed by atoms with E-state index in [1.807, 2.05) is 18.7 Å². The Labute approximate surface area is 126 Å². The van der Waals surface area contributed by atoms with Gasteiger partial charge in [0.25, 0.3) is 0 Å². The van der Waals surface area contributed by atoms with Gasteiger partial charge in [-0.1, -0.05) is 11.1 Å². The van der Waals surface area contributed by atoms with Crippen molar-refractivity contribution in [2.75, 3.05) is 32.7 Å². The number of piperazine rings is 1. The minimum Gasteiger partial charge on any atom is -0.550 e. The van der Waals surface area contributed by atoms with E-state index in [0.29, 0.717) is 12.8 Å². The van der Waals surface area contributed by atoms with Gasteiger partial charge in [-0.15, -0.1) is 0 Å². The van der Waals surface area contributed by atoms with Gasteiger partial charge < -0.3 is 19.7 Å². The first-order chi connectivity index (χ1) is 9.93. The van der Waals surface area contributed by atoms with Crippen LogP contribution in [-0.4, -0.2) is 49.5 Å². The molecule has 2 aliphatic rings. The second-order valence-corrected chi connectivity index (χ2v) is 6.43. The number of hydrogen-bond donors (Lipinski definition) is 1. The molecule has 1 amide bonds. The number of hydrogen-bond acceptors (Lipinski definition) is 3. The molecule has 0 bridgehead atoms. The zero-order valence-corrected chi connectivity index (χ0v) is 13.3. The van der Waals surface area contributed by atoms with Gasteiger partial charge in [0.2, 0.25) is 5.91 Å². The Morgan fingerprint density at radius 2 is 1.67 bits per heavy atom. The number of nitrogens with one attached hydrogen (secondary N) is 1. The van der Waals surface area contributed by atoms with Crippen LogP contribution in [0.5, 0.6) is 0 Å². The van der Waals surface area contributed by atoms with Crippen LogP contribution in [0.15, 0.2) is 11.1 Å². The Hall–Kier alpha value is -1.36. The van der Waals surface area contributed by atoms with Crippen LogP contribution in [0.3, 0.4) is 0 Å². The quantitative estimate of drug-likeness (QED) is 0.668. The monoisotopic (exact) mass is 294 g/mol. The van der Waals surface area contributed by atoms with E-state index in [1.54, 1.807) is 0 Å². The Balaban J connectivity index is 2.08. The van der Waals surface area contributed by atoms with E-state index in [9.17, 15) is 14.7 Å². The molecule has 0 radical (unpaired) electrons. The molecule has 0 aromatic carbocycles. The standard InChI is InChI=1S/C16H26N2O3/c1-4-17-5-7-18(8-6-17)15(19)13-9-11(2)12(3)10-14(13)16(20)21/h13-14H,4-10H2,1-3H3,(H,20,21)/t13-,14-/m0/s1. The van der Waals surface area contributed by atoms with Crippen molar-refractivity contribution >= 4 is 11.9 Å². The largest absolute Gasteiger partial charge is 0.550 e. The summed E-state index contributed by atoms with van der Waals surface area (Å²) in [6.07, 6.45) is 1.01. The molecule has 0 aromatic rings. The molecule has 1 aliphatic heterocycles. The van der Waals surface area contributed by atoms with Crippen LogP contribution in [0, 0.1) is 11.8 Å². The van der Waals surface area contributed by atoms with Crippen molar-refractivity contribution < 1.29 is 19.6 Å². The number of rotatable bonds is 3. The molecule has 1 N–H and O–H groups in total. The molecule has 1 heterocycles. The van der Waals surface area contributed by atoms with Crippen molar-refractivity contribution in [2.45, 2.75) is 33.6 Å². The van der Waals surface area contributed by atoms with Gasteiger partial charge in [0.15, 0.2) is 0 Å². The topological polar surface area (TPSA) is 64.9 Å². The molecule has 1 saturated heterocycles. The van der Waals surface area contributed by atoms with E-state index in [-0.39, 0.29) is 5.91 Å². The van der Waals surface area contributed by atoms with E-state index < -0.39 is 17.8 Å². The van der Waals surface area contributed by atoms with Crippen molar-refractivity contribution in [2.24, 2.45) is 11.8 Å². The summed E-state index contributed by atoms with van der Waals surface area (Å²) in [4.78, 5) is 27.5. The molecule has 2 atom stereocenters. The van der Waals surface area contributed by atoms with E-state index in [1.165, 1.54) is 4.90 Å². The first-order valence-corrected chi connectivity index (χ1v) is 7.92. The first kappa shape index (κ1) is 16.0. The van der Waals surface area contributed by atoms with E-state index >= 15 is 0 Å². The van der Waals surface area contributed by atoms with Gasteiger partial charge in [-0.3, -0.25) is 4.79 Å². The SMILES string of the molecule is CC[NH+]1CCN(C(=O)[C@H]2CC(C)=C(C)C[C@@H]2C(=O)[O-])CC1. The number of allylic oxidation sites excluding steroid dienone is 2. The summed E-state index contributed by atoms with van der Waals surface area (Å²) in [5.41, 5.74) is 2.25. The summed E-state index contributed by atoms with van der Waals surface area (Å²) in [6.45, 7) is 10.6. The summed E-state index contributed by atoms with van der Waals surface area (Å²) in [5, 5.41) is 11.4. The Morgan fingerprint density at radius 1 is 1.14 bits per heavy atom. The number of carbonyl (C=O) groups is 2. The average Bonchev–Trinajstić information content (AvgIpc) is 2.48. The maximum absolute atomic E-state index is 12.7. The molecular formula is C16H26N2O3. The van der Waals surface area contributed by atoms with Crippen LogP contribution in [-0.2, 0) is 9.59 Å². The number of likely N-dealkylation sites (N-methyl/N-ethyl adjacent to an activating group) is 1. The van der Waals surface area contributed by atoms with Crippen LogP contribution >= 0.6 is 0 Å². The third kappa shape index (κ3) is 3.46. The second-order valence-electron chi connectivity index (χ2n) is 6.43. The molecular weight excluding hydrogens is 268 g/mol. The fourth-order valence-corrected chi connectivity index (χ4v) is 3.43. The first-order valence-electron chi connectivity index (χ1n) is 7.92. The summed E-state index contributed by atoms with van der Waals surface area (Å²) in [7, 11) is 0. The number of nitrogens with zero attached hydrogens (tertiary/aromatic N) is 1. The number of carboxylic acid groups (broad SMARTS) is 1. The highest BCUT2D eigenvalue weighted by Gasteiger charge is 2.37. The lowest BCUT2D eigenvalue weighted by atomic mass is 9.76. The molecule has 0 spiro atoms. The summed E-state index contributed by atoms with van der Waals surface area (Å²) >= 11 is 0. The predicted octanol–water partition coefficient (Wildman–Crippen LogP) is -1.15. The summed E-state index contributed by atoms with van der Waals surface area (Å²) < 4.78 is 0. The number of aliphatic carboxylic acids is 1. The Bertz CT molecular complexity index is 450. The van der Waals surface area contributed by atoms with Crippen molar-refractivity contribution in [3.8, 4) is 0 Å². The smallest absolute Gasteiger partial charge is 0.227 e. The zero-order chi connectivity index (χ0) is 15.6. The van der Waals surface area contributed by atoms with Crippen molar-refractivity contribution in [3.63, 3.8) is 0 Å². The predicted molar refractivity (Wildman–Crippen MR) is 77.4 cm³/mol. The summed E-state index contributed by atoms with van der Waals surface area (Å²) in [5.74, 6) is -2.19. The number of quaternary nitrogens is 1. The minimum atomic E-state index is -1.09. The van der Waals surface area contributed by atoms with Crippen LogP contribution in [0.4, 0.5) is 0 Å². The van der Waals surface area contributed by atoms with Crippen molar-refractivity contribution in [1.29, 1.82) is 0 Å². The molecule has 0 aromatic heterocycles. The van der Waals surface area contributed by atoms with E-state index in [2.05, 4.69) is 6.92 Å². The van der Waals surface area contributed by atoms with E-state index in [4.69, 9.17) is 0 Å². The van der Waals surface area contributed by atoms with Gasteiger partial charge >= 0.3 is 0 Å². The zero-order valence-electron chi connectivity index (χ0n) is 13.3. The number of carboxylic acids is 1. The maximum atomic E-state index is 12.7. The highest BCUT2D eigenvalue weighted by atomic mass is 16.4. The van der Waals surface area contributed by atoms with Crippen LogP contribution in [0.2, 0.25) is 0 Å².